The Morgan fingerprint density at radius 2 is 1.74 bits per heavy atom. The summed E-state index contributed by atoms with van der Waals surface area (Å²) in [4.78, 5) is 28.5. The van der Waals surface area contributed by atoms with Gasteiger partial charge in [-0.2, -0.15) is 0 Å². The molecule has 0 bridgehead atoms. The predicted molar refractivity (Wildman–Crippen MR) is 126 cm³/mol. The maximum absolute atomic E-state index is 12.4. The molecule has 5 nitrogen and oxygen atoms in total. The van der Waals surface area contributed by atoms with Gasteiger partial charge in [0.2, 0.25) is 0 Å². The highest BCUT2D eigenvalue weighted by Crippen LogP contribution is 2.34. The summed E-state index contributed by atoms with van der Waals surface area (Å²) in [6.07, 6.45) is 0.260. The first-order chi connectivity index (χ1) is 14.8. The molecule has 3 rings (SSSR count). The molecule has 0 saturated carbocycles. The monoisotopic (exact) mass is 436 g/mol. The predicted octanol–water partition coefficient (Wildman–Crippen LogP) is 5.86. The lowest BCUT2D eigenvalue weighted by Gasteiger charge is -2.13. The maximum Gasteiger partial charge on any atom is 0.160 e. The summed E-state index contributed by atoms with van der Waals surface area (Å²) in [5.41, 5.74) is 3.68. The van der Waals surface area contributed by atoms with Crippen LogP contribution in [0.5, 0.6) is 5.75 Å². The number of hydrogen-bond acceptors (Lipinski definition) is 5. The molecule has 0 saturated heterocycles. The highest BCUT2D eigenvalue weighted by molar-refractivity contribution is 6.35. The van der Waals surface area contributed by atoms with Crippen LogP contribution in [0.3, 0.4) is 0 Å². The van der Waals surface area contributed by atoms with E-state index in [1.54, 1.807) is 27.0 Å². The van der Waals surface area contributed by atoms with Crippen molar-refractivity contribution in [2.24, 2.45) is 0 Å². The van der Waals surface area contributed by atoms with Crippen molar-refractivity contribution in [3.8, 4) is 16.9 Å². The molecule has 0 fully saturated rings. The second kappa shape index (κ2) is 9.75. The Labute approximate surface area is 187 Å². The number of allylic oxidation sites excluding steroid dienone is 2. The number of para-hydroxylation sites is 1. The van der Waals surface area contributed by atoms with Gasteiger partial charge in [-0.05, 0) is 67.3 Å². The first-order valence-corrected chi connectivity index (χ1v) is 10.4. The number of nitrogens with one attached hydrogen (secondary N) is 1. The van der Waals surface area contributed by atoms with Crippen molar-refractivity contribution < 1.29 is 14.3 Å². The molecule has 0 aliphatic heterocycles. The number of aromatic nitrogens is 1. The van der Waals surface area contributed by atoms with E-state index in [2.05, 4.69) is 10.3 Å². The zero-order valence-electron chi connectivity index (χ0n) is 18.1. The lowest BCUT2D eigenvalue weighted by molar-refractivity contribution is -0.117. The van der Waals surface area contributed by atoms with Gasteiger partial charge in [-0.3, -0.25) is 9.59 Å². The van der Waals surface area contributed by atoms with Gasteiger partial charge in [0.05, 0.1) is 17.6 Å². The largest absolute Gasteiger partial charge is 0.497 e. The molecular formula is C25H25ClN2O3. The Morgan fingerprint density at radius 1 is 1.03 bits per heavy atom. The number of fused-ring (bicyclic) bond motifs is 1. The van der Waals surface area contributed by atoms with Gasteiger partial charge in [0, 0.05) is 18.4 Å². The summed E-state index contributed by atoms with van der Waals surface area (Å²) in [6.45, 7) is 5.23. The zero-order chi connectivity index (χ0) is 22.5. The Morgan fingerprint density at radius 3 is 2.39 bits per heavy atom. The molecular weight excluding hydrogens is 412 g/mol. The highest BCUT2D eigenvalue weighted by atomic mass is 35.5. The van der Waals surface area contributed by atoms with E-state index < -0.39 is 0 Å². The average molecular weight is 437 g/mol. The van der Waals surface area contributed by atoms with Crippen LogP contribution < -0.4 is 10.1 Å². The fourth-order valence-electron chi connectivity index (χ4n) is 3.28. The number of carbonyl (C=O) groups is 2. The Balaban J connectivity index is 1.89. The molecule has 0 atom stereocenters. The van der Waals surface area contributed by atoms with Crippen molar-refractivity contribution in [3.63, 3.8) is 0 Å². The van der Waals surface area contributed by atoms with Crippen LogP contribution in [-0.4, -0.2) is 30.2 Å². The third-order valence-corrected chi connectivity index (χ3v) is 5.66. The van der Waals surface area contributed by atoms with Crippen LogP contribution in [0.2, 0.25) is 5.02 Å². The molecule has 0 unspecified atom stereocenters. The highest BCUT2D eigenvalue weighted by Gasteiger charge is 2.13. The van der Waals surface area contributed by atoms with Crippen LogP contribution in [0.4, 0.5) is 5.82 Å². The van der Waals surface area contributed by atoms with Crippen molar-refractivity contribution in [3.05, 3.63) is 64.7 Å². The number of benzene rings is 2. The van der Waals surface area contributed by atoms with Crippen molar-refractivity contribution >= 4 is 39.9 Å². The molecule has 0 aliphatic carbocycles. The SMILES string of the molecule is COc1ccc(-c2cc(NCCC(=O)/C(C)=C(/C)C(C)=O)nc3c(Cl)cccc23)cc1. The molecule has 31 heavy (non-hydrogen) atoms. The molecule has 2 aromatic carbocycles. The zero-order valence-corrected chi connectivity index (χ0v) is 18.8. The lowest BCUT2D eigenvalue weighted by atomic mass is 10.0. The van der Waals surface area contributed by atoms with Crippen molar-refractivity contribution in [1.82, 2.24) is 4.98 Å². The maximum atomic E-state index is 12.4. The van der Waals surface area contributed by atoms with Crippen LogP contribution >= 0.6 is 11.6 Å². The molecule has 3 aromatic rings. The van der Waals surface area contributed by atoms with Gasteiger partial charge in [-0.15, -0.1) is 0 Å². The van der Waals surface area contributed by atoms with E-state index in [-0.39, 0.29) is 18.0 Å². The molecule has 1 N–H and O–H groups in total. The van der Waals surface area contributed by atoms with Crippen LogP contribution in [0.15, 0.2) is 59.7 Å². The quantitative estimate of drug-likeness (QED) is 0.448. The Bertz CT molecular complexity index is 1170. The lowest BCUT2D eigenvalue weighted by Crippen LogP contribution is -2.12. The van der Waals surface area contributed by atoms with Crippen molar-refractivity contribution in [2.45, 2.75) is 27.2 Å². The fourth-order valence-corrected chi connectivity index (χ4v) is 3.50. The second-order valence-corrected chi connectivity index (χ2v) is 7.73. The molecule has 0 spiro atoms. The van der Waals surface area contributed by atoms with Gasteiger partial charge in [-0.1, -0.05) is 35.9 Å². The third-order valence-electron chi connectivity index (χ3n) is 5.36. The number of ketones is 2. The van der Waals surface area contributed by atoms with Gasteiger partial charge in [-0.25, -0.2) is 4.98 Å². The van der Waals surface area contributed by atoms with Gasteiger partial charge < -0.3 is 10.1 Å². The first-order valence-electron chi connectivity index (χ1n) is 10.0. The third kappa shape index (κ3) is 5.12. The van der Waals surface area contributed by atoms with Crippen LogP contribution in [0.25, 0.3) is 22.0 Å². The summed E-state index contributed by atoms with van der Waals surface area (Å²) in [7, 11) is 1.63. The number of Topliss-reactive ketones (excluding diaryl/α,β-unsaturated/α-hetero) is 2. The number of halogens is 1. The first kappa shape index (κ1) is 22.5. The van der Waals surface area contributed by atoms with E-state index in [0.717, 1.165) is 22.3 Å². The number of hydrogen-bond donors (Lipinski definition) is 1. The number of carbonyl (C=O) groups excluding carboxylic acids is 2. The van der Waals surface area contributed by atoms with Gasteiger partial charge >= 0.3 is 0 Å². The van der Waals surface area contributed by atoms with Crippen molar-refractivity contribution in [2.75, 3.05) is 19.0 Å². The minimum absolute atomic E-state index is 0.0607. The van der Waals surface area contributed by atoms with Crippen molar-refractivity contribution in [1.29, 1.82) is 0 Å². The Kier molecular flexibility index (Phi) is 7.08. The number of anilines is 1. The van der Waals surface area contributed by atoms with E-state index in [1.807, 2.05) is 42.5 Å². The van der Waals surface area contributed by atoms with E-state index in [9.17, 15) is 9.59 Å². The fraction of sp³-hybridized carbons (Fsp3) is 0.240. The topological polar surface area (TPSA) is 68.3 Å². The number of nitrogens with zero attached hydrogens (tertiary/aromatic N) is 1. The number of rotatable bonds is 8. The molecule has 160 valence electrons. The normalized spacial score (nSPS) is 11.8. The molecule has 0 amide bonds. The van der Waals surface area contributed by atoms with Crippen LogP contribution in [0, 0.1) is 0 Å². The second-order valence-electron chi connectivity index (χ2n) is 7.33. The number of methoxy groups -OCH3 is 1. The molecule has 1 aromatic heterocycles. The summed E-state index contributed by atoms with van der Waals surface area (Å²) in [5, 5.41) is 4.73. The summed E-state index contributed by atoms with van der Waals surface area (Å²) < 4.78 is 5.26. The van der Waals surface area contributed by atoms with E-state index in [0.29, 0.717) is 34.0 Å². The smallest absolute Gasteiger partial charge is 0.160 e. The van der Waals surface area contributed by atoms with Gasteiger partial charge in [0.15, 0.2) is 11.6 Å². The Hall–Kier alpha value is -3.18. The standard InChI is InChI=1S/C25H25ClN2O3/c1-15(17(3)29)16(2)23(30)12-13-27-24-14-21(18-8-10-19(31-4)11-9-18)20-6-5-7-22(26)25(20)28-24/h5-11,14H,12-13H2,1-4H3,(H,27,28)/b16-15-. The number of pyridine rings is 1. The van der Waals surface area contributed by atoms with E-state index >= 15 is 0 Å². The van der Waals surface area contributed by atoms with Gasteiger partial charge in [0.1, 0.15) is 11.6 Å². The minimum atomic E-state index is -0.0891. The molecule has 0 radical (unpaired) electrons. The van der Waals surface area contributed by atoms with Crippen LogP contribution in [0.1, 0.15) is 27.2 Å². The van der Waals surface area contributed by atoms with E-state index in [1.165, 1.54) is 6.92 Å². The molecule has 0 aliphatic rings. The number of ether oxygens (including phenoxy) is 1. The summed E-state index contributed by atoms with van der Waals surface area (Å²) in [5.74, 6) is 1.26. The van der Waals surface area contributed by atoms with Gasteiger partial charge in [0.25, 0.3) is 0 Å². The molecule has 1 heterocycles. The summed E-state index contributed by atoms with van der Waals surface area (Å²) in [6, 6.07) is 15.4. The van der Waals surface area contributed by atoms with Crippen LogP contribution in [-0.2, 0) is 9.59 Å². The minimum Gasteiger partial charge on any atom is -0.497 e. The summed E-state index contributed by atoms with van der Waals surface area (Å²) >= 11 is 6.42. The molecule has 6 heteroatoms. The van der Waals surface area contributed by atoms with E-state index in [4.69, 9.17) is 16.3 Å². The average Bonchev–Trinajstić information content (AvgIpc) is 2.78.